The van der Waals surface area contributed by atoms with E-state index in [4.69, 9.17) is 4.74 Å². The van der Waals surface area contributed by atoms with Crippen LogP contribution in [0.2, 0.25) is 0 Å². The van der Waals surface area contributed by atoms with Crippen molar-refractivity contribution in [3.05, 3.63) is 48.6 Å². The lowest BCUT2D eigenvalue weighted by molar-refractivity contribution is -0.148. The molecule has 22 heavy (non-hydrogen) atoms. The van der Waals surface area contributed by atoms with Crippen molar-refractivity contribution in [3.63, 3.8) is 0 Å². The molecule has 3 unspecified atom stereocenters. The molecule has 0 bridgehead atoms. The van der Waals surface area contributed by atoms with E-state index in [1.54, 1.807) is 6.08 Å². The van der Waals surface area contributed by atoms with Gasteiger partial charge in [0, 0.05) is 32.4 Å². The Kier molecular flexibility index (Phi) is 5.33. The highest BCUT2D eigenvalue weighted by Crippen LogP contribution is 2.26. The van der Waals surface area contributed by atoms with Crippen molar-refractivity contribution in [2.75, 3.05) is 13.7 Å². The summed E-state index contributed by atoms with van der Waals surface area (Å²) in [4.78, 5) is 25.3. The van der Waals surface area contributed by atoms with Crippen molar-refractivity contribution in [2.45, 2.75) is 30.9 Å². The number of hydrogen-bond acceptors (Lipinski definition) is 3. The van der Waals surface area contributed by atoms with Gasteiger partial charge in [0.15, 0.2) is 0 Å². The number of carboxylic acid groups (broad SMARTS) is 1. The molecule has 0 saturated carbocycles. The molecule has 2 rings (SSSR count). The molecule has 1 heterocycles. The van der Waals surface area contributed by atoms with Crippen LogP contribution in [0.1, 0.15) is 24.3 Å². The lowest BCUT2D eigenvalue weighted by Crippen LogP contribution is -2.41. The van der Waals surface area contributed by atoms with E-state index in [2.05, 4.69) is 6.58 Å². The number of aliphatic carboxylic acids is 1. The van der Waals surface area contributed by atoms with Gasteiger partial charge in [-0.2, -0.15) is 0 Å². The number of amides is 1. The van der Waals surface area contributed by atoms with Crippen molar-refractivity contribution in [1.29, 1.82) is 0 Å². The Balaban J connectivity index is 2.09. The molecule has 1 saturated heterocycles. The van der Waals surface area contributed by atoms with Crippen LogP contribution in [-0.2, 0) is 14.3 Å². The fourth-order valence-corrected chi connectivity index (χ4v) is 2.82. The topological polar surface area (TPSA) is 66.8 Å². The lowest BCUT2D eigenvalue weighted by Gasteiger charge is -2.23. The van der Waals surface area contributed by atoms with Crippen LogP contribution in [0.5, 0.6) is 0 Å². The average molecular weight is 303 g/mol. The highest BCUT2D eigenvalue weighted by atomic mass is 16.5. The van der Waals surface area contributed by atoms with Crippen LogP contribution in [-0.4, -0.2) is 47.7 Å². The first-order valence-electron chi connectivity index (χ1n) is 7.29. The zero-order chi connectivity index (χ0) is 16.1. The van der Waals surface area contributed by atoms with Crippen molar-refractivity contribution >= 4 is 11.9 Å². The first-order chi connectivity index (χ1) is 10.6. The summed E-state index contributed by atoms with van der Waals surface area (Å²) in [5, 5.41) is 9.28. The lowest BCUT2D eigenvalue weighted by atomic mass is 9.95. The van der Waals surface area contributed by atoms with Crippen LogP contribution < -0.4 is 0 Å². The van der Waals surface area contributed by atoms with Crippen LogP contribution in [0, 0.1) is 0 Å². The van der Waals surface area contributed by atoms with E-state index in [1.165, 1.54) is 12.0 Å². The van der Waals surface area contributed by atoms with Gasteiger partial charge < -0.3 is 14.7 Å². The highest BCUT2D eigenvalue weighted by molar-refractivity contribution is 5.85. The zero-order valence-corrected chi connectivity index (χ0v) is 12.6. The van der Waals surface area contributed by atoms with Gasteiger partial charge in [-0.05, 0) is 5.56 Å². The van der Waals surface area contributed by atoms with E-state index in [9.17, 15) is 14.7 Å². The van der Waals surface area contributed by atoms with E-state index < -0.39 is 12.0 Å². The van der Waals surface area contributed by atoms with Crippen molar-refractivity contribution in [3.8, 4) is 0 Å². The van der Waals surface area contributed by atoms with Crippen LogP contribution in [0.15, 0.2) is 43.0 Å². The van der Waals surface area contributed by atoms with Gasteiger partial charge in [-0.1, -0.05) is 36.4 Å². The molecule has 0 aromatic heterocycles. The Labute approximate surface area is 130 Å². The van der Waals surface area contributed by atoms with Gasteiger partial charge >= 0.3 is 5.97 Å². The number of hydrogen-bond donors (Lipinski definition) is 1. The number of nitrogens with zero attached hydrogens (tertiary/aromatic N) is 1. The molecule has 5 nitrogen and oxygen atoms in total. The van der Waals surface area contributed by atoms with Gasteiger partial charge in [0.05, 0.1) is 6.10 Å². The van der Waals surface area contributed by atoms with Gasteiger partial charge in [0.1, 0.15) is 6.04 Å². The third-order valence-corrected chi connectivity index (χ3v) is 4.11. The van der Waals surface area contributed by atoms with Crippen LogP contribution in [0.4, 0.5) is 0 Å². The number of carbonyl (C=O) groups is 2. The van der Waals surface area contributed by atoms with Gasteiger partial charge in [-0.25, -0.2) is 4.79 Å². The summed E-state index contributed by atoms with van der Waals surface area (Å²) in [6.07, 6.45) is 2.06. The maximum absolute atomic E-state index is 12.5. The first kappa shape index (κ1) is 16.2. The van der Waals surface area contributed by atoms with E-state index in [1.807, 2.05) is 30.3 Å². The molecule has 1 aromatic carbocycles. The monoisotopic (exact) mass is 303 g/mol. The smallest absolute Gasteiger partial charge is 0.326 e. The molecule has 1 aliphatic rings. The number of carbonyl (C=O) groups excluding carboxylic acids is 1. The Morgan fingerprint density at radius 1 is 1.45 bits per heavy atom. The Hall–Kier alpha value is -2.14. The second-order valence-corrected chi connectivity index (χ2v) is 5.45. The third-order valence-electron chi connectivity index (χ3n) is 4.11. The van der Waals surface area contributed by atoms with Crippen molar-refractivity contribution < 1.29 is 19.4 Å². The van der Waals surface area contributed by atoms with E-state index >= 15 is 0 Å². The highest BCUT2D eigenvalue weighted by Gasteiger charge is 2.39. The van der Waals surface area contributed by atoms with Gasteiger partial charge in [-0.3, -0.25) is 4.79 Å². The molecule has 5 heteroatoms. The van der Waals surface area contributed by atoms with E-state index in [0.29, 0.717) is 13.0 Å². The number of allylic oxidation sites excluding steroid dienone is 1. The maximum Gasteiger partial charge on any atom is 0.326 e. The Morgan fingerprint density at radius 2 is 2.14 bits per heavy atom. The first-order valence-corrected chi connectivity index (χ1v) is 7.29. The number of benzene rings is 1. The predicted molar refractivity (Wildman–Crippen MR) is 82.5 cm³/mol. The van der Waals surface area contributed by atoms with Crippen LogP contribution >= 0.6 is 0 Å². The van der Waals surface area contributed by atoms with Gasteiger partial charge in [-0.15, -0.1) is 6.58 Å². The largest absolute Gasteiger partial charge is 0.480 e. The van der Waals surface area contributed by atoms with E-state index in [0.717, 1.165) is 5.56 Å². The summed E-state index contributed by atoms with van der Waals surface area (Å²) in [7, 11) is 1.54. The SMILES string of the molecule is C=CC(CC(=O)N1CC(OC)CC1C(=O)O)c1ccccc1. The fourth-order valence-electron chi connectivity index (χ4n) is 2.82. The number of likely N-dealkylation sites (tertiary alicyclic amines) is 1. The van der Waals surface area contributed by atoms with Gasteiger partial charge in [0.2, 0.25) is 5.91 Å². The van der Waals surface area contributed by atoms with Gasteiger partial charge in [0.25, 0.3) is 0 Å². The second kappa shape index (κ2) is 7.22. The molecule has 1 amide bonds. The van der Waals surface area contributed by atoms with E-state index in [-0.39, 0.29) is 24.3 Å². The van der Waals surface area contributed by atoms with Crippen molar-refractivity contribution in [2.24, 2.45) is 0 Å². The summed E-state index contributed by atoms with van der Waals surface area (Å²) in [6, 6.07) is 8.81. The molecule has 118 valence electrons. The molecule has 1 N–H and O–H groups in total. The minimum Gasteiger partial charge on any atom is -0.480 e. The summed E-state index contributed by atoms with van der Waals surface area (Å²) in [6.45, 7) is 4.11. The zero-order valence-electron chi connectivity index (χ0n) is 12.6. The summed E-state index contributed by atoms with van der Waals surface area (Å²) in [5.74, 6) is -1.28. The maximum atomic E-state index is 12.5. The summed E-state index contributed by atoms with van der Waals surface area (Å²) in [5.41, 5.74) is 1.00. The molecular weight excluding hydrogens is 282 g/mol. The molecule has 3 atom stereocenters. The average Bonchev–Trinajstić information content (AvgIpc) is 2.98. The quantitative estimate of drug-likeness (QED) is 0.817. The van der Waals surface area contributed by atoms with Crippen molar-refractivity contribution in [1.82, 2.24) is 4.90 Å². The van der Waals surface area contributed by atoms with Crippen LogP contribution in [0.25, 0.3) is 0 Å². The molecule has 1 aliphatic heterocycles. The molecule has 1 fully saturated rings. The Morgan fingerprint density at radius 3 is 2.68 bits per heavy atom. The molecule has 0 spiro atoms. The molecule has 0 aliphatic carbocycles. The summed E-state index contributed by atoms with van der Waals surface area (Å²) < 4.78 is 5.21. The Bertz CT molecular complexity index is 543. The molecule has 0 radical (unpaired) electrons. The number of rotatable bonds is 6. The standard InChI is InChI=1S/C17H21NO4/c1-3-12(13-7-5-4-6-8-13)9-16(19)18-11-14(22-2)10-15(18)17(20)21/h3-8,12,14-15H,1,9-11H2,2H3,(H,20,21). The minimum atomic E-state index is -0.984. The second-order valence-electron chi connectivity index (χ2n) is 5.45. The summed E-state index contributed by atoms with van der Waals surface area (Å²) >= 11 is 0. The fraction of sp³-hybridized carbons (Fsp3) is 0.412. The predicted octanol–water partition coefficient (Wildman–Crippen LogP) is 2.05. The molecular formula is C17H21NO4. The normalized spacial score (nSPS) is 22.3. The number of carboxylic acids is 1. The number of methoxy groups -OCH3 is 1. The third kappa shape index (κ3) is 3.54. The number of ether oxygens (including phenoxy) is 1. The molecule has 1 aromatic rings. The van der Waals surface area contributed by atoms with Crippen LogP contribution in [0.3, 0.4) is 0 Å². The minimum absolute atomic E-state index is 0.121.